The summed E-state index contributed by atoms with van der Waals surface area (Å²) in [7, 11) is 6.26. The third-order valence-corrected chi connectivity index (χ3v) is 14.3. The van der Waals surface area contributed by atoms with Crippen molar-refractivity contribution in [3.8, 4) is 23.0 Å². The van der Waals surface area contributed by atoms with Crippen molar-refractivity contribution >= 4 is 33.4 Å². The van der Waals surface area contributed by atoms with Crippen molar-refractivity contribution in [2.75, 3.05) is 28.4 Å². The predicted molar refractivity (Wildman–Crippen MR) is 273 cm³/mol. The lowest BCUT2D eigenvalue weighted by molar-refractivity contribution is -0.149. The smallest absolute Gasteiger partial charge is 0.236 e. The van der Waals surface area contributed by atoms with E-state index in [0.29, 0.717) is 69.2 Å². The number of methoxy groups -OCH3 is 4. The fraction of sp³-hybridized carbons (Fsp3) is 0.233. The molecule has 1 aliphatic rings. The van der Waals surface area contributed by atoms with Crippen LogP contribution in [0.1, 0.15) is 77.6 Å². The second kappa shape index (κ2) is 20.1. The fourth-order valence-corrected chi connectivity index (χ4v) is 10.5. The van der Waals surface area contributed by atoms with Gasteiger partial charge in [0.15, 0.2) is 0 Å². The van der Waals surface area contributed by atoms with Crippen LogP contribution in [0.25, 0.3) is 21.5 Å². The molecule has 2 atom stereocenters. The normalized spacial score (nSPS) is 14.5. The molecular weight excluding hydrogens is 877 g/mol. The first-order valence-electron chi connectivity index (χ1n) is 23.7. The second-order valence-electron chi connectivity index (χ2n) is 18.1. The van der Waals surface area contributed by atoms with Gasteiger partial charge < -0.3 is 39.8 Å². The monoisotopic (exact) mass is 934 g/mol. The summed E-state index contributed by atoms with van der Waals surface area (Å²) in [6.07, 6.45) is 2.41. The lowest BCUT2D eigenvalue weighted by Crippen LogP contribution is -2.57. The Balaban J connectivity index is 1.24. The third kappa shape index (κ3) is 8.69. The van der Waals surface area contributed by atoms with E-state index < -0.39 is 40.5 Å². The highest BCUT2D eigenvalue weighted by Crippen LogP contribution is 2.49. The summed E-state index contributed by atoms with van der Waals surface area (Å²) in [6.45, 7) is 0. The number of hydrogen-bond donors (Lipinski definition) is 4. The van der Waals surface area contributed by atoms with E-state index in [1.165, 1.54) is 0 Å². The lowest BCUT2D eigenvalue weighted by Gasteiger charge is -2.44. The van der Waals surface area contributed by atoms with Gasteiger partial charge in [0.05, 0.1) is 40.5 Å². The number of rotatable bonds is 16. The summed E-state index contributed by atoms with van der Waals surface area (Å²) in [5, 5.41) is 38.0. The molecule has 356 valence electrons. The first-order valence-corrected chi connectivity index (χ1v) is 23.7. The Labute approximate surface area is 408 Å². The van der Waals surface area contributed by atoms with E-state index in [9.17, 15) is 10.2 Å². The number of aliphatic hydroxyl groups is 2. The van der Waals surface area contributed by atoms with Gasteiger partial charge in [-0.15, -0.1) is 0 Å². The maximum atomic E-state index is 16.1. The van der Waals surface area contributed by atoms with Crippen LogP contribution in [0.5, 0.6) is 23.0 Å². The summed E-state index contributed by atoms with van der Waals surface area (Å²) in [4.78, 5) is 32.2. The van der Waals surface area contributed by atoms with E-state index in [0.717, 1.165) is 28.0 Å². The maximum absolute atomic E-state index is 16.1. The Hall–Kier alpha value is -7.66. The van der Waals surface area contributed by atoms with Crippen LogP contribution in [-0.4, -0.2) is 50.5 Å². The van der Waals surface area contributed by atoms with E-state index in [4.69, 9.17) is 18.9 Å². The maximum Gasteiger partial charge on any atom is 0.236 e. The number of carbonyl (C=O) groups is 2. The fourth-order valence-electron chi connectivity index (χ4n) is 10.5. The van der Waals surface area contributed by atoms with Crippen molar-refractivity contribution in [3.05, 3.63) is 215 Å². The molecule has 0 saturated heterocycles. The van der Waals surface area contributed by atoms with Gasteiger partial charge >= 0.3 is 0 Å². The predicted octanol–water partition coefficient (Wildman–Crippen LogP) is 10.9. The average molecular weight is 935 g/mol. The molecule has 0 heterocycles. The highest BCUT2D eigenvalue weighted by molar-refractivity contribution is 6.06. The third-order valence-electron chi connectivity index (χ3n) is 14.3. The summed E-state index contributed by atoms with van der Waals surface area (Å²) in [5.41, 5.74) is -2.58. The van der Waals surface area contributed by atoms with E-state index >= 15 is 9.59 Å². The average Bonchev–Trinajstić information content (AvgIpc) is 3.43. The molecule has 0 spiro atoms. The first kappa shape index (κ1) is 47.4. The van der Waals surface area contributed by atoms with Gasteiger partial charge in [-0.25, -0.2) is 0 Å². The second-order valence-corrected chi connectivity index (χ2v) is 18.1. The summed E-state index contributed by atoms with van der Waals surface area (Å²) in [5.74, 6) is 0.894. The van der Waals surface area contributed by atoms with Crippen molar-refractivity contribution in [1.29, 1.82) is 0 Å². The summed E-state index contributed by atoms with van der Waals surface area (Å²) < 4.78 is 22.9. The number of carbonyl (C=O) groups excluding carboxylic acids is 2. The molecule has 8 aromatic rings. The number of ether oxygens (including phenoxy) is 4. The van der Waals surface area contributed by atoms with Crippen LogP contribution in [0.2, 0.25) is 0 Å². The van der Waals surface area contributed by atoms with Crippen LogP contribution in [0.15, 0.2) is 182 Å². The molecule has 4 N–H and O–H groups in total. The molecule has 2 amide bonds. The van der Waals surface area contributed by atoms with Gasteiger partial charge in [0.25, 0.3) is 0 Å². The molecular formula is C60H58N2O8. The number of hydrogen-bond acceptors (Lipinski definition) is 8. The Bertz CT molecular complexity index is 2850. The molecule has 0 bridgehead atoms. The van der Waals surface area contributed by atoms with Crippen LogP contribution < -0.4 is 29.6 Å². The minimum absolute atomic E-state index is 0.211. The van der Waals surface area contributed by atoms with Crippen molar-refractivity contribution in [2.24, 2.45) is 5.41 Å². The number of benzene rings is 8. The quantitative estimate of drug-likeness (QED) is 0.0704. The minimum Gasteiger partial charge on any atom is -0.497 e. The topological polar surface area (TPSA) is 136 Å². The van der Waals surface area contributed by atoms with Crippen LogP contribution >= 0.6 is 0 Å². The first-order chi connectivity index (χ1) is 34.1. The number of fused-ring (bicyclic) bond motifs is 2. The zero-order chi connectivity index (χ0) is 48.9. The van der Waals surface area contributed by atoms with Crippen LogP contribution in [-0.2, 0) is 20.8 Å². The minimum atomic E-state index is -1.97. The molecule has 10 heteroatoms. The molecule has 1 aliphatic carbocycles. The van der Waals surface area contributed by atoms with Gasteiger partial charge in [0.2, 0.25) is 11.8 Å². The Morgan fingerprint density at radius 2 is 0.757 bits per heavy atom. The zero-order valence-electron chi connectivity index (χ0n) is 39.9. The largest absolute Gasteiger partial charge is 0.497 e. The Morgan fingerprint density at radius 3 is 1.10 bits per heavy atom. The standard InChI is InChI=1S/C60H58N2O8/c1-67-46-26-14-22-42(36-46)59(65,43-23-15-27-47(37-43)68-2)54(52-32-12-20-40-18-6-8-30-50(40)52)61-56(63)58(34-10-5-11-35-58)57(64)62-55(53-33-13-21-41-19-7-9-31-51(41)53)60(66,44-24-16-28-48(38-44)69-3)45-25-17-29-49(39-45)70-4/h6-9,12-33,36-39,54-55,65-66H,5,10-11,34-35H2,1-4H3,(H,61,63)(H,62,64)/t54-,55-/m0/s1. The molecule has 0 aromatic heterocycles. The molecule has 1 saturated carbocycles. The van der Waals surface area contributed by atoms with Crippen molar-refractivity contribution in [2.45, 2.75) is 55.4 Å². The SMILES string of the molecule is COc1cccc(C(O)(c2cccc(OC)c2)[C@@H](NC(=O)C2(C(=O)N[C@@H](c3cccc4ccccc34)C(O)(c3cccc(OC)c3)c3cccc(OC)c3)CCCCC2)c2cccc3ccccc23)c1. The van der Waals surface area contributed by atoms with Gasteiger partial charge in [-0.2, -0.15) is 0 Å². The molecule has 10 nitrogen and oxygen atoms in total. The van der Waals surface area contributed by atoms with Crippen molar-refractivity contribution < 1.29 is 38.7 Å². The molecule has 9 rings (SSSR count). The van der Waals surface area contributed by atoms with E-state index in [2.05, 4.69) is 10.6 Å². The Morgan fingerprint density at radius 1 is 0.443 bits per heavy atom. The summed E-state index contributed by atoms with van der Waals surface area (Å²) >= 11 is 0. The van der Waals surface area contributed by atoms with Crippen LogP contribution in [0, 0.1) is 5.41 Å². The molecule has 0 aliphatic heterocycles. The molecule has 0 unspecified atom stereocenters. The highest BCUT2D eigenvalue weighted by Gasteiger charge is 2.53. The lowest BCUT2D eigenvalue weighted by atomic mass is 9.70. The van der Waals surface area contributed by atoms with Gasteiger partial charge in [0, 0.05) is 0 Å². The van der Waals surface area contributed by atoms with E-state index in [-0.39, 0.29) is 12.8 Å². The van der Waals surface area contributed by atoms with Crippen molar-refractivity contribution in [3.63, 3.8) is 0 Å². The number of nitrogens with one attached hydrogen (secondary N) is 2. The van der Waals surface area contributed by atoms with Gasteiger partial charge in [-0.3, -0.25) is 9.59 Å². The van der Waals surface area contributed by atoms with Crippen molar-refractivity contribution in [1.82, 2.24) is 10.6 Å². The van der Waals surface area contributed by atoms with Gasteiger partial charge in [0.1, 0.15) is 39.6 Å². The number of amides is 2. The zero-order valence-corrected chi connectivity index (χ0v) is 39.9. The van der Waals surface area contributed by atoms with E-state index in [1.54, 1.807) is 101 Å². The Kier molecular flexibility index (Phi) is 13.6. The van der Waals surface area contributed by atoms with Crippen LogP contribution in [0.3, 0.4) is 0 Å². The molecule has 0 radical (unpaired) electrons. The van der Waals surface area contributed by atoms with Gasteiger partial charge in [-0.05, 0) is 116 Å². The molecule has 8 aromatic carbocycles. The molecule has 70 heavy (non-hydrogen) atoms. The van der Waals surface area contributed by atoms with Gasteiger partial charge in [-0.1, -0.05) is 153 Å². The molecule has 1 fully saturated rings. The highest BCUT2D eigenvalue weighted by atomic mass is 16.5. The summed E-state index contributed by atoms with van der Waals surface area (Å²) in [6, 6.07) is 53.6. The van der Waals surface area contributed by atoms with E-state index in [1.807, 2.05) is 109 Å². The van der Waals surface area contributed by atoms with Crippen LogP contribution in [0.4, 0.5) is 0 Å².